The summed E-state index contributed by atoms with van der Waals surface area (Å²) in [5, 5.41) is 0. The van der Waals surface area contributed by atoms with Gasteiger partial charge in [-0.1, -0.05) is 12.8 Å². The molecule has 2 heteroatoms. The Labute approximate surface area is 80.7 Å². The van der Waals surface area contributed by atoms with Gasteiger partial charge >= 0.3 is 0 Å². The van der Waals surface area contributed by atoms with Gasteiger partial charge in [0, 0.05) is 0 Å². The zero-order valence-electron chi connectivity index (χ0n) is 7.71. The van der Waals surface area contributed by atoms with Gasteiger partial charge in [0.1, 0.15) is 0 Å². The Morgan fingerprint density at radius 1 is 0.667 bits per heavy atom. The van der Waals surface area contributed by atoms with Gasteiger partial charge in [-0.25, -0.2) is 0 Å². The van der Waals surface area contributed by atoms with E-state index in [4.69, 9.17) is 0 Å². The third-order valence-electron chi connectivity index (χ3n) is 3.80. The molecule has 0 aromatic heterocycles. The summed E-state index contributed by atoms with van der Waals surface area (Å²) in [4.78, 5) is 0. The minimum Gasteiger partial charge on any atom is -0.134 e. The van der Waals surface area contributed by atoms with E-state index in [0.29, 0.717) is 0 Å². The van der Waals surface area contributed by atoms with E-state index in [-0.39, 0.29) is 0 Å². The van der Waals surface area contributed by atoms with Crippen LogP contribution in [0.1, 0.15) is 38.5 Å². The molecule has 0 aromatic rings. The van der Waals surface area contributed by atoms with Gasteiger partial charge < -0.3 is 0 Å². The van der Waals surface area contributed by atoms with E-state index < -0.39 is 0 Å². The highest BCUT2D eigenvalue weighted by atomic mass is 31.0. The molecule has 70 valence electrons. The smallest absolute Gasteiger partial charge is 0.0233 e. The third kappa shape index (κ3) is 1.71. The Bertz CT molecular complexity index is 140. The summed E-state index contributed by atoms with van der Waals surface area (Å²) in [5.74, 6) is 2.08. The molecule has 2 saturated carbocycles. The molecule has 2 aliphatic rings. The van der Waals surface area contributed by atoms with E-state index in [0.717, 1.165) is 23.2 Å². The van der Waals surface area contributed by atoms with Crippen LogP contribution in [0.5, 0.6) is 0 Å². The lowest BCUT2D eigenvalue weighted by atomic mass is 9.89. The Kier molecular flexibility index (Phi) is 3.09. The number of rotatable bonds is 1. The van der Waals surface area contributed by atoms with Crippen LogP contribution in [0.3, 0.4) is 0 Å². The maximum Gasteiger partial charge on any atom is -0.0233 e. The zero-order chi connectivity index (χ0) is 8.55. The summed E-state index contributed by atoms with van der Waals surface area (Å²) in [5.41, 5.74) is 1.88. The predicted molar refractivity (Wildman–Crippen MR) is 61.7 cm³/mol. The molecule has 2 rings (SSSR count). The molecule has 0 aliphatic heterocycles. The highest BCUT2D eigenvalue weighted by Crippen LogP contribution is 2.45. The zero-order valence-corrected chi connectivity index (χ0v) is 10.0. The van der Waals surface area contributed by atoms with Gasteiger partial charge in [-0.3, -0.25) is 0 Å². The Balaban J connectivity index is 1.98. The molecule has 0 nitrogen and oxygen atoms in total. The maximum absolute atomic E-state index is 3.07. The number of hydrogen-bond acceptors (Lipinski definition) is 0. The molecular weight excluding hydrogens is 182 g/mol. The predicted octanol–water partition coefficient (Wildman–Crippen LogP) is 3.07. The molecule has 0 radical (unpaired) electrons. The minimum absolute atomic E-state index is 0.941. The summed E-state index contributed by atoms with van der Waals surface area (Å²) in [6, 6.07) is 0. The molecule has 0 spiro atoms. The average Bonchev–Trinajstić information content (AvgIpc) is 2.59. The fourth-order valence-corrected chi connectivity index (χ4v) is 4.53. The topological polar surface area (TPSA) is 0 Å². The second-order valence-electron chi connectivity index (χ2n) is 4.52. The van der Waals surface area contributed by atoms with Crippen LogP contribution in [0, 0.1) is 11.8 Å². The Morgan fingerprint density at radius 2 is 1.08 bits per heavy atom. The largest absolute Gasteiger partial charge is 0.134 e. The summed E-state index contributed by atoms with van der Waals surface area (Å²) in [7, 11) is 6.15. The van der Waals surface area contributed by atoms with Gasteiger partial charge in [0.15, 0.2) is 0 Å². The summed E-state index contributed by atoms with van der Waals surface area (Å²) in [6.45, 7) is 0. The highest BCUT2D eigenvalue weighted by molar-refractivity contribution is 7.18. The first-order chi connectivity index (χ1) is 5.79. The van der Waals surface area contributed by atoms with Crippen molar-refractivity contribution in [2.24, 2.45) is 11.8 Å². The molecule has 0 amide bonds. The molecule has 2 fully saturated rings. The van der Waals surface area contributed by atoms with Crippen LogP contribution >= 0.6 is 18.5 Å². The molecule has 12 heavy (non-hydrogen) atoms. The van der Waals surface area contributed by atoms with Gasteiger partial charge in [0.05, 0.1) is 0 Å². The maximum atomic E-state index is 3.07. The lowest BCUT2D eigenvalue weighted by Gasteiger charge is -2.26. The van der Waals surface area contributed by atoms with Crippen LogP contribution in [0.2, 0.25) is 0 Å². The third-order valence-corrected chi connectivity index (χ3v) is 5.46. The van der Waals surface area contributed by atoms with Gasteiger partial charge in [-0.15, -0.1) is 18.5 Å². The molecule has 0 heterocycles. The van der Waals surface area contributed by atoms with Crippen LogP contribution < -0.4 is 0 Å². The van der Waals surface area contributed by atoms with Crippen LogP contribution in [0.15, 0.2) is 0 Å². The monoisotopic (exact) mass is 202 g/mol. The second-order valence-corrected chi connectivity index (χ2v) is 6.23. The first-order valence-electron chi connectivity index (χ1n) is 5.30. The highest BCUT2D eigenvalue weighted by Gasteiger charge is 2.36. The van der Waals surface area contributed by atoms with Crippen molar-refractivity contribution in [3.05, 3.63) is 0 Å². The number of hydrogen-bond donors (Lipinski definition) is 0. The van der Waals surface area contributed by atoms with E-state index in [2.05, 4.69) is 18.5 Å². The molecule has 6 atom stereocenters. The van der Waals surface area contributed by atoms with Crippen LogP contribution in [-0.2, 0) is 0 Å². The summed E-state index contributed by atoms with van der Waals surface area (Å²) < 4.78 is 0. The molecule has 0 aromatic carbocycles. The van der Waals surface area contributed by atoms with Gasteiger partial charge in [-0.2, -0.15) is 0 Å². The van der Waals surface area contributed by atoms with Crippen molar-refractivity contribution in [1.82, 2.24) is 0 Å². The van der Waals surface area contributed by atoms with Crippen LogP contribution in [-0.4, -0.2) is 11.3 Å². The minimum atomic E-state index is 0.941. The van der Waals surface area contributed by atoms with Crippen molar-refractivity contribution < 1.29 is 0 Å². The van der Waals surface area contributed by atoms with Crippen molar-refractivity contribution in [2.45, 2.75) is 49.8 Å². The van der Waals surface area contributed by atoms with E-state index in [1.807, 2.05) is 0 Å². The van der Waals surface area contributed by atoms with Crippen LogP contribution in [0.4, 0.5) is 0 Å². The van der Waals surface area contributed by atoms with Gasteiger partial charge in [0.25, 0.3) is 0 Å². The molecule has 3 unspecified atom stereocenters. The molecule has 0 N–H and O–H groups in total. The van der Waals surface area contributed by atoms with Crippen molar-refractivity contribution in [2.75, 3.05) is 0 Å². The SMILES string of the molecule is P[C@@H]1CCCC1[C@H]1CCC[C@H]1P. The molecule has 0 saturated heterocycles. The first-order valence-corrected chi connectivity index (χ1v) is 6.63. The summed E-state index contributed by atoms with van der Waals surface area (Å²) in [6.07, 6.45) is 8.89. The molecule has 0 bridgehead atoms. The quantitative estimate of drug-likeness (QED) is 0.573. The van der Waals surface area contributed by atoms with E-state index in [9.17, 15) is 0 Å². The van der Waals surface area contributed by atoms with E-state index >= 15 is 0 Å². The standard InChI is InChI=1S/C10H20P2/c11-9-5-1-3-7(9)8-4-2-6-10(8)12/h7-10H,1-6,11-12H2/t7-,8?,9-,10-/m1/s1. The van der Waals surface area contributed by atoms with Gasteiger partial charge in [0.2, 0.25) is 0 Å². The normalized spacial score (nSPS) is 48.5. The van der Waals surface area contributed by atoms with Crippen molar-refractivity contribution in [1.29, 1.82) is 0 Å². The average molecular weight is 202 g/mol. The van der Waals surface area contributed by atoms with E-state index in [1.54, 1.807) is 0 Å². The fourth-order valence-electron chi connectivity index (χ4n) is 3.10. The Hall–Kier alpha value is 0.860. The van der Waals surface area contributed by atoms with E-state index in [1.165, 1.54) is 38.5 Å². The fraction of sp³-hybridized carbons (Fsp3) is 1.00. The Morgan fingerprint density at radius 3 is 1.33 bits per heavy atom. The lowest BCUT2D eigenvalue weighted by Crippen LogP contribution is -2.22. The molecular formula is C10H20P2. The van der Waals surface area contributed by atoms with Crippen molar-refractivity contribution >= 4 is 18.5 Å². The lowest BCUT2D eigenvalue weighted by molar-refractivity contribution is 0.360. The second kappa shape index (κ2) is 3.93. The van der Waals surface area contributed by atoms with Crippen LogP contribution in [0.25, 0.3) is 0 Å². The summed E-state index contributed by atoms with van der Waals surface area (Å²) >= 11 is 0. The van der Waals surface area contributed by atoms with Crippen molar-refractivity contribution in [3.63, 3.8) is 0 Å². The van der Waals surface area contributed by atoms with Gasteiger partial charge in [-0.05, 0) is 48.8 Å². The molecule has 2 aliphatic carbocycles. The van der Waals surface area contributed by atoms with Crippen molar-refractivity contribution in [3.8, 4) is 0 Å². The first kappa shape index (κ1) is 9.42.